The first-order valence-electron chi connectivity index (χ1n) is 5.33. The van der Waals surface area contributed by atoms with Gasteiger partial charge in [-0.25, -0.2) is 0 Å². The number of carbonyl (C=O) groups excluding carboxylic acids is 1. The van der Waals surface area contributed by atoms with E-state index in [1.807, 2.05) is 31.2 Å². The average molecular weight is 230 g/mol. The Morgan fingerprint density at radius 2 is 2.12 bits per heavy atom. The maximum atomic E-state index is 11.6. The Labute approximate surface area is 99.6 Å². The summed E-state index contributed by atoms with van der Waals surface area (Å²) in [5.41, 5.74) is 2.14. The molecule has 4 heteroatoms. The number of methoxy groups -OCH3 is 1. The summed E-state index contributed by atoms with van der Waals surface area (Å²) in [6.07, 6.45) is 0. The number of ether oxygens (including phenoxy) is 1. The van der Waals surface area contributed by atoms with Gasteiger partial charge in [0.25, 0.3) is 5.91 Å². The number of nitrogens with one attached hydrogen (secondary N) is 1. The van der Waals surface area contributed by atoms with Gasteiger partial charge in [-0.15, -0.1) is 0 Å². The fraction of sp³-hybridized carbons (Fsp3) is 0.231. The number of aromatic nitrogens is 1. The molecular weight excluding hydrogens is 216 g/mol. The molecule has 17 heavy (non-hydrogen) atoms. The van der Waals surface area contributed by atoms with Gasteiger partial charge in [0.05, 0.1) is 23.9 Å². The number of amides is 1. The minimum atomic E-state index is -0.118. The number of aryl methyl sites for hydroxylation is 1. The van der Waals surface area contributed by atoms with Gasteiger partial charge in [0.2, 0.25) is 0 Å². The van der Waals surface area contributed by atoms with Crippen LogP contribution in [0.5, 0.6) is 5.75 Å². The van der Waals surface area contributed by atoms with Crippen molar-refractivity contribution in [2.45, 2.75) is 6.92 Å². The molecule has 1 N–H and O–H groups in total. The molecule has 0 fully saturated rings. The lowest BCUT2D eigenvalue weighted by Gasteiger charge is -2.07. The molecule has 0 atom stereocenters. The number of rotatable bonds is 2. The van der Waals surface area contributed by atoms with E-state index in [4.69, 9.17) is 4.74 Å². The van der Waals surface area contributed by atoms with E-state index in [9.17, 15) is 4.79 Å². The van der Waals surface area contributed by atoms with E-state index in [-0.39, 0.29) is 5.91 Å². The van der Waals surface area contributed by atoms with Crippen LogP contribution in [0, 0.1) is 6.92 Å². The van der Waals surface area contributed by atoms with E-state index < -0.39 is 0 Å². The van der Waals surface area contributed by atoms with Gasteiger partial charge < -0.3 is 10.1 Å². The largest absolute Gasteiger partial charge is 0.497 e. The van der Waals surface area contributed by atoms with Crippen molar-refractivity contribution >= 4 is 16.8 Å². The lowest BCUT2D eigenvalue weighted by atomic mass is 10.1. The molecule has 2 aromatic rings. The van der Waals surface area contributed by atoms with E-state index >= 15 is 0 Å². The molecule has 1 heterocycles. The number of nitrogens with zero attached hydrogens (tertiary/aromatic N) is 1. The number of fused-ring (bicyclic) bond motifs is 1. The summed E-state index contributed by atoms with van der Waals surface area (Å²) in [4.78, 5) is 16.0. The van der Waals surface area contributed by atoms with Crippen molar-refractivity contribution in [3.05, 3.63) is 35.5 Å². The van der Waals surface area contributed by atoms with Crippen molar-refractivity contribution < 1.29 is 9.53 Å². The highest BCUT2D eigenvalue weighted by Gasteiger charge is 2.10. The van der Waals surface area contributed by atoms with Crippen LogP contribution in [0.1, 0.15) is 16.1 Å². The first-order valence-corrected chi connectivity index (χ1v) is 5.33. The molecule has 0 saturated heterocycles. The van der Waals surface area contributed by atoms with Crippen LogP contribution in [0.2, 0.25) is 0 Å². The Bertz CT molecular complexity index is 579. The number of pyridine rings is 1. The topological polar surface area (TPSA) is 51.2 Å². The molecule has 0 unspecified atom stereocenters. The number of benzene rings is 1. The van der Waals surface area contributed by atoms with Gasteiger partial charge in [0, 0.05) is 18.5 Å². The van der Waals surface area contributed by atoms with Crippen molar-refractivity contribution in [3.8, 4) is 5.75 Å². The Morgan fingerprint density at radius 3 is 2.76 bits per heavy atom. The lowest BCUT2D eigenvalue weighted by molar-refractivity contribution is 0.0962. The Hall–Kier alpha value is -2.10. The zero-order chi connectivity index (χ0) is 12.4. The summed E-state index contributed by atoms with van der Waals surface area (Å²) in [6, 6.07) is 7.45. The van der Waals surface area contributed by atoms with E-state index in [1.54, 1.807) is 14.2 Å². The Balaban J connectivity index is 2.62. The third kappa shape index (κ3) is 2.06. The maximum Gasteiger partial charge on any atom is 0.252 e. The van der Waals surface area contributed by atoms with Gasteiger partial charge >= 0.3 is 0 Å². The SMILES string of the molecule is CNC(=O)c1cc2ccc(OC)cc2nc1C. The molecule has 1 aromatic heterocycles. The molecule has 0 radical (unpaired) electrons. The number of carbonyl (C=O) groups is 1. The zero-order valence-electron chi connectivity index (χ0n) is 10.1. The van der Waals surface area contributed by atoms with Gasteiger partial charge in [-0.05, 0) is 25.1 Å². The predicted octanol–water partition coefficient (Wildman–Crippen LogP) is 1.91. The Kier molecular flexibility index (Phi) is 2.95. The zero-order valence-corrected chi connectivity index (χ0v) is 10.1. The van der Waals surface area contributed by atoms with Gasteiger partial charge in [-0.3, -0.25) is 9.78 Å². The van der Waals surface area contributed by atoms with E-state index in [2.05, 4.69) is 10.3 Å². The third-order valence-electron chi connectivity index (χ3n) is 2.69. The van der Waals surface area contributed by atoms with Crippen LogP contribution >= 0.6 is 0 Å². The van der Waals surface area contributed by atoms with Crippen LogP contribution in [-0.4, -0.2) is 25.0 Å². The quantitative estimate of drug-likeness (QED) is 0.857. The molecule has 2 rings (SSSR count). The van der Waals surface area contributed by atoms with Crippen molar-refractivity contribution in [1.82, 2.24) is 10.3 Å². The van der Waals surface area contributed by atoms with Crippen molar-refractivity contribution in [2.24, 2.45) is 0 Å². The third-order valence-corrected chi connectivity index (χ3v) is 2.69. The van der Waals surface area contributed by atoms with E-state index in [0.29, 0.717) is 11.3 Å². The molecule has 0 bridgehead atoms. The summed E-state index contributed by atoms with van der Waals surface area (Å²) in [7, 11) is 3.23. The van der Waals surface area contributed by atoms with Gasteiger partial charge in [0.15, 0.2) is 0 Å². The first kappa shape index (κ1) is 11.4. The first-order chi connectivity index (χ1) is 8.15. The molecule has 0 aliphatic carbocycles. The highest BCUT2D eigenvalue weighted by Crippen LogP contribution is 2.21. The molecule has 0 saturated carbocycles. The minimum absolute atomic E-state index is 0.118. The van der Waals surface area contributed by atoms with Crippen molar-refractivity contribution in [1.29, 1.82) is 0 Å². The number of hydrogen-bond donors (Lipinski definition) is 1. The van der Waals surface area contributed by atoms with Crippen LogP contribution in [-0.2, 0) is 0 Å². The monoisotopic (exact) mass is 230 g/mol. The summed E-state index contributed by atoms with van der Waals surface area (Å²) >= 11 is 0. The predicted molar refractivity (Wildman–Crippen MR) is 66.4 cm³/mol. The van der Waals surface area contributed by atoms with Crippen LogP contribution in [0.15, 0.2) is 24.3 Å². The molecule has 88 valence electrons. The van der Waals surface area contributed by atoms with Gasteiger partial charge in [-0.1, -0.05) is 0 Å². The summed E-state index contributed by atoms with van der Waals surface area (Å²) in [6.45, 7) is 1.82. The summed E-state index contributed by atoms with van der Waals surface area (Å²) < 4.78 is 5.14. The average Bonchev–Trinajstić information content (AvgIpc) is 2.36. The van der Waals surface area contributed by atoms with Crippen LogP contribution in [0.25, 0.3) is 10.9 Å². The van der Waals surface area contributed by atoms with Gasteiger partial charge in [0.1, 0.15) is 5.75 Å². The highest BCUT2D eigenvalue weighted by molar-refractivity contribution is 5.98. The van der Waals surface area contributed by atoms with E-state index in [0.717, 1.165) is 16.7 Å². The van der Waals surface area contributed by atoms with Gasteiger partial charge in [-0.2, -0.15) is 0 Å². The Morgan fingerprint density at radius 1 is 1.35 bits per heavy atom. The molecule has 0 spiro atoms. The number of hydrogen-bond acceptors (Lipinski definition) is 3. The molecular formula is C13H14N2O2. The smallest absolute Gasteiger partial charge is 0.252 e. The highest BCUT2D eigenvalue weighted by atomic mass is 16.5. The second-order valence-electron chi connectivity index (χ2n) is 3.76. The molecule has 1 amide bonds. The second kappa shape index (κ2) is 4.41. The fourth-order valence-corrected chi connectivity index (χ4v) is 1.73. The van der Waals surface area contributed by atoms with Crippen LogP contribution in [0.3, 0.4) is 0 Å². The molecule has 0 aliphatic heterocycles. The lowest BCUT2D eigenvalue weighted by Crippen LogP contribution is -2.19. The van der Waals surface area contributed by atoms with E-state index in [1.165, 1.54) is 0 Å². The van der Waals surface area contributed by atoms with Crippen LogP contribution < -0.4 is 10.1 Å². The fourth-order valence-electron chi connectivity index (χ4n) is 1.73. The molecule has 0 aliphatic rings. The standard InChI is InChI=1S/C13H14N2O2/c1-8-11(13(16)14-2)6-9-4-5-10(17-3)7-12(9)15-8/h4-7H,1-3H3,(H,14,16). The minimum Gasteiger partial charge on any atom is -0.497 e. The molecule has 1 aromatic carbocycles. The normalized spacial score (nSPS) is 10.3. The van der Waals surface area contributed by atoms with Crippen LogP contribution in [0.4, 0.5) is 0 Å². The van der Waals surface area contributed by atoms with Crippen molar-refractivity contribution in [3.63, 3.8) is 0 Å². The summed E-state index contributed by atoms with van der Waals surface area (Å²) in [5.74, 6) is 0.643. The maximum absolute atomic E-state index is 11.6. The summed E-state index contributed by atoms with van der Waals surface area (Å²) in [5, 5.41) is 3.53. The second-order valence-corrected chi connectivity index (χ2v) is 3.76. The molecule has 4 nitrogen and oxygen atoms in total. The van der Waals surface area contributed by atoms with Crippen molar-refractivity contribution in [2.75, 3.05) is 14.2 Å².